The second-order valence-electron chi connectivity index (χ2n) is 16.9. The van der Waals surface area contributed by atoms with Crippen LogP contribution in [0.4, 0.5) is 11.4 Å². The fourth-order valence-electron chi connectivity index (χ4n) is 9.60. The highest BCUT2D eigenvalue weighted by molar-refractivity contribution is 7.90. The first kappa shape index (κ1) is 42.0. The molecule has 14 nitrogen and oxygen atoms in total. The Morgan fingerprint density at radius 1 is 0.636 bits per heavy atom. The normalized spacial score (nSPS) is 16.5. The van der Waals surface area contributed by atoms with Gasteiger partial charge < -0.3 is 14.8 Å². The summed E-state index contributed by atoms with van der Waals surface area (Å²) in [6, 6.07) is 37.1. The number of hydrogen-bond donors (Lipinski definition) is 1. The van der Waals surface area contributed by atoms with Crippen LogP contribution in [0.1, 0.15) is 54.5 Å². The second kappa shape index (κ2) is 17.2. The van der Waals surface area contributed by atoms with Crippen LogP contribution in [0.5, 0.6) is 0 Å². The lowest BCUT2D eigenvalue weighted by atomic mass is 10.0. The maximum atomic E-state index is 13.6. The van der Waals surface area contributed by atoms with E-state index in [1.54, 1.807) is 64.3 Å². The number of benzene rings is 5. The molecular formula is C51H44N10O4S. The molecule has 2 fully saturated rings. The number of aromatic nitrogens is 6. The van der Waals surface area contributed by atoms with Gasteiger partial charge in [0, 0.05) is 60.7 Å². The van der Waals surface area contributed by atoms with Crippen molar-refractivity contribution in [3.63, 3.8) is 0 Å². The van der Waals surface area contributed by atoms with Crippen LogP contribution >= 0.6 is 0 Å². The molecule has 0 aliphatic carbocycles. The third kappa shape index (κ3) is 7.43. The van der Waals surface area contributed by atoms with E-state index in [1.807, 2.05) is 79.9 Å². The van der Waals surface area contributed by atoms with Crippen molar-refractivity contribution in [1.82, 2.24) is 28.1 Å². The van der Waals surface area contributed by atoms with Crippen LogP contribution in [0.15, 0.2) is 149 Å². The second-order valence-corrected chi connectivity index (χ2v) is 18.7. The van der Waals surface area contributed by atoms with Crippen LogP contribution in [-0.4, -0.2) is 62.7 Å². The van der Waals surface area contributed by atoms with Gasteiger partial charge in [-0.25, -0.2) is 22.4 Å². The molecule has 0 bridgehead atoms. The highest BCUT2D eigenvalue weighted by atomic mass is 32.2. The Labute approximate surface area is 379 Å². The Morgan fingerprint density at radius 3 is 1.76 bits per heavy atom. The lowest BCUT2D eigenvalue weighted by Gasteiger charge is -2.35. The maximum Gasteiger partial charge on any atom is 0.268 e. The Kier molecular flexibility index (Phi) is 10.9. The summed E-state index contributed by atoms with van der Waals surface area (Å²) < 4.78 is 31.8. The summed E-state index contributed by atoms with van der Waals surface area (Å²) in [5.74, 6) is 0. The quantitative estimate of drug-likeness (QED) is 0.171. The summed E-state index contributed by atoms with van der Waals surface area (Å²) in [4.78, 5) is 43.0. The van der Waals surface area contributed by atoms with Crippen molar-refractivity contribution in [1.29, 1.82) is 10.5 Å². The Balaban J connectivity index is 0.000000162. The molecule has 6 heterocycles. The number of piperidine rings is 2. The first-order valence-corrected chi connectivity index (χ1v) is 23.4. The fourth-order valence-corrected chi connectivity index (χ4v) is 11.0. The smallest absolute Gasteiger partial charge is 0.268 e. The molecule has 15 heteroatoms. The Hall–Kier alpha value is -8.01. The van der Waals surface area contributed by atoms with Crippen LogP contribution < -0.4 is 20.9 Å². The van der Waals surface area contributed by atoms with E-state index in [0.717, 1.165) is 78.7 Å². The highest BCUT2D eigenvalue weighted by Crippen LogP contribution is 2.36. The number of H-pyrrole nitrogens is 1. The SMILES string of the molecule is Cc1ccc(S(=O)(=O)n2ccc3c(N4CCC[C@H](n5cnc6ccccc6c5=O)C4)ccc(C#N)c32)cc1.N#Cc1ccc(N2CCC[C@H](n3cnc4ccccc4c3=O)C2)c2cc[nH]c12. The summed E-state index contributed by atoms with van der Waals surface area (Å²) in [5, 5.41) is 22.2. The van der Waals surface area contributed by atoms with Crippen molar-refractivity contribution in [3.8, 4) is 12.1 Å². The number of aromatic amines is 1. The fraction of sp³-hybridized carbons (Fsp3) is 0.216. The average Bonchev–Trinajstić information content (AvgIpc) is 4.04. The van der Waals surface area contributed by atoms with Crippen molar-refractivity contribution in [2.24, 2.45) is 0 Å². The van der Waals surface area contributed by atoms with Gasteiger partial charge in [-0.05, 0) is 105 Å². The molecule has 0 amide bonds. The van der Waals surface area contributed by atoms with E-state index in [9.17, 15) is 28.5 Å². The van der Waals surface area contributed by atoms with E-state index in [0.29, 0.717) is 39.3 Å². The Morgan fingerprint density at radius 2 is 1.18 bits per heavy atom. The largest absolute Gasteiger partial charge is 0.369 e. The Bertz CT molecular complexity index is 3650. The standard InChI is InChI=1S/C29H25N5O3S.C22H19N5O/c1-20-8-11-23(12-9-20)38(36,37)34-16-14-25-27(13-10-21(17-30)28(25)34)32-15-4-5-22(18-32)33-19-31-26-7-3-2-6-24(26)29(33)35;23-12-15-7-8-20(18-9-10-24-21(15)18)26-11-3-4-16(13-26)27-14-25-19-6-2-1-5-17(19)22(27)28/h2-3,6-14,16,19,22H,4-5,15,18H2,1H3;1-2,5-10,14,16,24H,3-4,11,13H2/t22-;16-/m00/s1. The number of anilines is 2. The molecule has 9 aromatic rings. The van der Waals surface area contributed by atoms with Crippen molar-refractivity contribution in [3.05, 3.63) is 172 Å². The molecule has 0 unspecified atom stereocenters. The third-order valence-electron chi connectivity index (χ3n) is 13.0. The van der Waals surface area contributed by atoms with Crippen molar-refractivity contribution in [2.45, 2.75) is 49.6 Å². The molecule has 328 valence electrons. The molecule has 0 radical (unpaired) electrons. The molecule has 11 rings (SSSR count). The van der Waals surface area contributed by atoms with Gasteiger partial charge in [0.2, 0.25) is 0 Å². The van der Waals surface area contributed by atoms with Gasteiger partial charge in [0.05, 0.1) is 73.6 Å². The van der Waals surface area contributed by atoms with Crippen LogP contribution in [0.2, 0.25) is 0 Å². The van der Waals surface area contributed by atoms with E-state index in [1.165, 1.54) is 10.2 Å². The first-order chi connectivity index (χ1) is 32.1. The van der Waals surface area contributed by atoms with Gasteiger partial charge in [0.25, 0.3) is 21.1 Å². The predicted octanol–water partition coefficient (Wildman–Crippen LogP) is 8.20. The first-order valence-electron chi connectivity index (χ1n) is 21.9. The minimum Gasteiger partial charge on any atom is -0.369 e. The van der Waals surface area contributed by atoms with Crippen LogP contribution in [0, 0.1) is 29.6 Å². The number of rotatable bonds is 6. The molecular weight excluding hydrogens is 849 g/mol. The van der Waals surface area contributed by atoms with Crippen molar-refractivity contribution < 1.29 is 8.42 Å². The van der Waals surface area contributed by atoms with E-state index >= 15 is 0 Å². The minimum atomic E-state index is -3.91. The molecule has 0 saturated carbocycles. The number of para-hydroxylation sites is 2. The van der Waals surface area contributed by atoms with Gasteiger partial charge in [-0.15, -0.1) is 0 Å². The monoisotopic (exact) mass is 892 g/mol. The van der Waals surface area contributed by atoms with Crippen LogP contribution in [0.25, 0.3) is 43.6 Å². The van der Waals surface area contributed by atoms with Crippen LogP contribution in [-0.2, 0) is 10.0 Å². The average molecular weight is 893 g/mol. The van der Waals surface area contributed by atoms with Crippen LogP contribution in [0.3, 0.4) is 0 Å². The summed E-state index contributed by atoms with van der Waals surface area (Å²) in [6.07, 6.45) is 10.3. The van der Waals surface area contributed by atoms with Gasteiger partial charge >= 0.3 is 0 Å². The third-order valence-corrected chi connectivity index (χ3v) is 14.6. The molecule has 4 aromatic heterocycles. The van der Waals surface area contributed by atoms with Crippen molar-refractivity contribution >= 4 is 65.0 Å². The number of aryl methyl sites for hydroxylation is 1. The lowest BCUT2D eigenvalue weighted by Crippen LogP contribution is -2.40. The molecule has 2 saturated heterocycles. The minimum absolute atomic E-state index is 0.0177. The maximum absolute atomic E-state index is 13.6. The summed E-state index contributed by atoms with van der Waals surface area (Å²) in [7, 11) is -3.91. The number of nitrogens with one attached hydrogen (secondary N) is 1. The number of hydrogen-bond acceptors (Lipinski definition) is 10. The number of nitrogens with zero attached hydrogens (tertiary/aromatic N) is 9. The van der Waals surface area contributed by atoms with Gasteiger partial charge in [-0.2, -0.15) is 10.5 Å². The molecule has 1 N–H and O–H groups in total. The topological polar surface area (TPSA) is 179 Å². The zero-order valence-corrected chi connectivity index (χ0v) is 36.9. The zero-order chi connectivity index (χ0) is 45.5. The van der Waals surface area contributed by atoms with Crippen molar-refractivity contribution in [2.75, 3.05) is 36.0 Å². The van der Waals surface area contributed by atoms with E-state index in [2.05, 4.69) is 36.9 Å². The van der Waals surface area contributed by atoms with E-state index in [4.69, 9.17) is 0 Å². The van der Waals surface area contributed by atoms with Gasteiger partial charge in [-0.3, -0.25) is 18.7 Å². The number of nitriles is 2. The highest BCUT2D eigenvalue weighted by Gasteiger charge is 2.28. The molecule has 2 atom stereocenters. The van der Waals surface area contributed by atoms with E-state index in [-0.39, 0.29) is 33.7 Å². The predicted molar refractivity (Wildman–Crippen MR) is 256 cm³/mol. The number of fused-ring (bicyclic) bond motifs is 4. The van der Waals surface area contributed by atoms with Gasteiger partial charge in [-0.1, -0.05) is 42.0 Å². The summed E-state index contributed by atoms with van der Waals surface area (Å²) in [5.41, 5.74) is 6.41. The molecule has 0 spiro atoms. The summed E-state index contributed by atoms with van der Waals surface area (Å²) in [6.45, 7) is 4.89. The molecule has 5 aromatic carbocycles. The zero-order valence-electron chi connectivity index (χ0n) is 36.1. The lowest BCUT2D eigenvalue weighted by molar-refractivity contribution is 0.395. The molecule has 66 heavy (non-hydrogen) atoms. The summed E-state index contributed by atoms with van der Waals surface area (Å²) >= 11 is 0. The van der Waals surface area contributed by atoms with Gasteiger partial charge in [0.15, 0.2) is 0 Å². The van der Waals surface area contributed by atoms with Gasteiger partial charge in [0.1, 0.15) is 12.1 Å². The molecule has 2 aliphatic rings. The molecule has 2 aliphatic heterocycles. The van der Waals surface area contributed by atoms with E-state index < -0.39 is 10.0 Å².